The van der Waals surface area contributed by atoms with Crippen LogP contribution in [0.3, 0.4) is 0 Å². The highest BCUT2D eigenvalue weighted by molar-refractivity contribution is 5.81. The van der Waals surface area contributed by atoms with Crippen LogP contribution in [0.1, 0.15) is 11.1 Å². The van der Waals surface area contributed by atoms with Gasteiger partial charge in [0.1, 0.15) is 12.6 Å². The molecule has 1 atom stereocenters. The summed E-state index contributed by atoms with van der Waals surface area (Å²) < 4.78 is 5.09. The molecular weight excluding hydrogens is 332 g/mol. The van der Waals surface area contributed by atoms with E-state index in [1.807, 2.05) is 60.7 Å². The number of amides is 1. The molecule has 0 radical (unpaired) electrons. The Labute approximate surface area is 150 Å². The van der Waals surface area contributed by atoms with E-state index in [9.17, 15) is 14.7 Å². The number of alkyl carbamates (subject to hydrolysis) is 1. The van der Waals surface area contributed by atoms with Crippen LogP contribution >= 0.6 is 0 Å². The lowest BCUT2D eigenvalue weighted by atomic mass is 10.1. The summed E-state index contributed by atoms with van der Waals surface area (Å²) in [5, 5.41) is 12.7. The summed E-state index contributed by atoms with van der Waals surface area (Å²) in [5.74, 6) is -1.13. The molecule has 0 unspecified atom stereocenters. The maximum atomic E-state index is 11.9. The van der Waals surface area contributed by atoms with Gasteiger partial charge in [-0.05, 0) is 23.3 Å². The Bertz CT molecular complexity index is 912. The van der Waals surface area contributed by atoms with Crippen molar-refractivity contribution < 1.29 is 19.4 Å². The number of hydrogen-bond donors (Lipinski definition) is 2. The number of nitrogens with one attached hydrogen (secondary N) is 1. The predicted octanol–water partition coefficient (Wildman–Crippen LogP) is 3.16. The fourth-order valence-corrected chi connectivity index (χ4v) is 2.57. The first-order valence-corrected chi connectivity index (χ1v) is 8.15. The summed E-state index contributed by atoms with van der Waals surface area (Å²) >= 11 is 0. The summed E-state index contributed by atoms with van der Waals surface area (Å²) in [6.45, 7) is 0.0799. The highest BCUT2D eigenvalue weighted by Gasteiger charge is 2.21. The van der Waals surface area contributed by atoms with Crippen LogP contribution in [-0.2, 0) is 22.6 Å². The molecule has 0 saturated heterocycles. The highest BCUT2D eigenvalue weighted by atomic mass is 16.5. The van der Waals surface area contributed by atoms with Crippen molar-refractivity contribution >= 4 is 23.0 Å². The molecule has 0 saturated carbocycles. The molecule has 0 spiro atoms. The van der Waals surface area contributed by atoms with Crippen molar-refractivity contribution in [3.63, 3.8) is 0 Å². The molecule has 6 heteroatoms. The summed E-state index contributed by atoms with van der Waals surface area (Å²) in [6.07, 6.45) is 0.970. The van der Waals surface area contributed by atoms with Gasteiger partial charge in [0, 0.05) is 18.0 Å². The van der Waals surface area contributed by atoms with E-state index in [1.54, 1.807) is 6.20 Å². The normalized spacial score (nSPS) is 11.7. The number of nitrogens with zero attached hydrogens (tertiary/aromatic N) is 1. The van der Waals surface area contributed by atoms with E-state index in [0.717, 1.165) is 22.0 Å². The van der Waals surface area contributed by atoms with Gasteiger partial charge >= 0.3 is 12.1 Å². The minimum absolute atomic E-state index is 0.0799. The Morgan fingerprint density at radius 3 is 2.54 bits per heavy atom. The summed E-state index contributed by atoms with van der Waals surface area (Å²) in [7, 11) is 0. The van der Waals surface area contributed by atoms with Gasteiger partial charge in [0.2, 0.25) is 0 Å². The first kappa shape index (κ1) is 17.4. The molecule has 26 heavy (non-hydrogen) atoms. The second-order valence-corrected chi connectivity index (χ2v) is 5.84. The highest BCUT2D eigenvalue weighted by Crippen LogP contribution is 2.14. The minimum Gasteiger partial charge on any atom is -0.480 e. The lowest BCUT2D eigenvalue weighted by Crippen LogP contribution is -2.42. The standard InChI is InChI=1S/C20H18N2O4/c23-19(24)18(22-20(25)26-13-14-6-2-1-3-7-14)11-15-10-16-8-4-5-9-17(16)21-12-15/h1-10,12,18H,11,13H2,(H,22,25)(H,23,24)/t18-/m0/s1. The Morgan fingerprint density at radius 1 is 1.04 bits per heavy atom. The molecule has 0 aliphatic heterocycles. The molecule has 0 aliphatic carbocycles. The number of fused-ring (bicyclic) bond motifs is 1. The van der Waals surface area contributed by atoms with E-state index in [4.69, 9.17) is 4.74 Å². The van der Waals surface area contributed by atoms with Crippen LogP contribution in [0.15, 0.2) is 66.9 Å². The number of carbonyl (C=O) groups excluding carboxylic acids is 1. The molecule has 6 nitrogen and oxygen atoms in total. The van der Waals surface area contributed by atoms with Gasteiger partial charge in [-0.25, -0.2) is 9.59 Å². The van der Waals surface area contributed by atoms with Crippen molar-refractivity contribution in [1.82, 2.24) is 10.3 Å². The van der Waals surface area contributed by atoms with Crippen LogP contribution in [0.25, 0.3) is 10.9 Å². The Balaban J connectivity index is 1.62. The van der Waals surface area contributed by atoms with E-state index < -0.39 is 18.1 Å². The quantitative estimate of drug-likeness (QED) is 0.713. The zero-order valence-corrected chi connectivity index (χ0v) is 14.0. The Morgan fingerprint density at radius 2 is 1.77 bits per heavy atom. The summed E-state index contributed by atoms with van der Waals surface area (Å²) in [4.78, 5) is 27.7. The molecule has 0 fully saturated rings. The van der Waals surface area contributed by atoms with Crippen molar-refractivity contribution in [2.24, 2.45) is 0 Å². The summed E-state index contributed by atoms with van der Waals surface area (Å²) in [5.41, 5.74) is 2.38. The number of ether oxygens (including phenoxy) is 1. The van der Waals surface area contributed by atoms with Gasteiger partial charge in [-0.15, -0.1) is 0 Å². The van der Waals surface area contributed by atoms with Gasteiger partial charge in [-0.1, -0.05) is 48.5 Å². The van der Waals surface area contributed by atoms with Gasteiger partial charge in [-0.2, -0.15) is 0 Å². The zero-order chi connectivity index (χ0) is 18.4. The molecule has 3 aromatic rings. The third-order valence-corrected chi connectivity index (χ3v) is 3.89. The minimum atomic E-state index is -1.13. The third kappa shape index (κ3) is 4.57. The molecule has 0 bridgehead atoms. The fraction of sp³-hybridized carbons (Fsp3) is 0.150. The topological polar surface area (TPSA) is 88.5 Å². The maximum Gasteiger partial charge on any atom is 0.408 e. The second kappa shape index (κ2) is 8.11. The number of aliphatic carboxylic acids is 1. The molecule has 1 heterocycles. The second-order valence-electron chi connectivity index (χ2n) is 5.84. The number of para-hydroxylation sites is 1. The molecular formula is C20H18N2O4. The van der Waals surface area contributed by atoms with E-state index in [0.29, 0.717) is 0 Å². The Kier molecular flexibility index (Phi) is 5.43. The van der Waals surface area contributed by atoms with Crippen LogP contribution in [0, 0.1) is 0 Å². The number of carboxylic acid groups (broad SMARTS) is 1. The van der Waals surface area contributed by atoms with Gasteiger partial charge < -0.3 is 15.2 Å². The monoisotopic (exact) mass is 350 g/mol. The molecule has 3 rings (SSSR count). The molecule has 2 aromatic carbocycles. The number of pyridine rings is 1. The number of hydrogen-bond acceptors (Lipinski definition) is 4. The van der Waals surface area contributed by atoms with Crippen molar-refractivity contribution in [1.29, 1.82) is 0 Å². The number of rotatable bonds is 6. The molecule has 132 valence electrons. The van der Waals surface area contributed by atoms with Crippen LogP contribution in [0.2, 0.25) is 0 Å². The van der Waals surface area contributed by atoms with E-state index in [1.165, 1.54) is 0 Å². The average Bonchev–Trinajstić information content (AvgIpc) is 2.66. The summed E-state index contributed by atoms with van der Waals surface area (Å²) in [6, 6.07) is 17.5. The Hall–Kier alpha value is -3.41. The smallest absolute Gasteiger partial charge is 0.408 e. The van der Waals surface area contributed by atoms with Gasteiger partial charge in [-0.3, -0.25) is 4.98 Å². The lowest BCUT2D eigenvalue weighted by molar-refractivity contribution is -0.139. The number of benzene rings is 2. The van der Waals surface area contributed by atoms with Crippen molar-refractivity contribution in [2.45, 2.75) is 19.1 Å². The molecule has 1 aromatic heterocycles. The third-order valence-electron chi connectivity index (χ3n) is 3.89. The molecule has 0 aliphatic rings. The number of carboxylic acids is 1. The van der Waals surface area contributed by atoms with Crippen molar-refractivity contribution in [3.8, 4) is 0 Å². The number of aromatic nitrogens is 1. The molecule has 1 amide bonds. The van der Waals surface area contributed by atoms with Crippen LogP contribution in [0.5, 0.6) is 0 Å². The lowest BCUT2D eigenvalue weighted by Gasteiger charge is -2.15. The first-order valence-electron chi connectivity index (χ1n) is 8.15. The molecule has 2 N–H and O–H groups in total. The fourth-order valence-electron chi connectivity index (χ4n) is 2.57. The van der Waals surface area contributed by atoms with Gasteiger partial charge in [0.25, 0.3) is 0 Å². The van der Waals surface area contributed by atoms with Crippen LogP contribution in [-0.4, -0.2) is 28.2 Å². The van der Waals surface area contributed by atoms with Crippen molar-refractivity contribution in [3.05, 3.63) is 78.0 Å². The predicted molar refractivity (Wildman–Crippen MR) is 96.6 cm³/mol. The number of carbonyl (C=O) groups is 2. The average molecular weight is 350 g/mol. The zero-order valence-electron chi connectivity index (χ0n) is 14.0. The van der Waals surface area contributed by atoms with Crippen LogP contribution < -0.4 is 5.32 Å². The van der Waals surface area contributed by atoms with Crippen molar-refractivity contribution in [2.75, 3.05) is 0 Å². The first-order chi connectivity index (χ1) is 12.6. The van der Waals surface area contributed by atoms with E-state index >= 15 is 0 Å². The largest absolute Gasteiger partial charge is 0.480 e. The van der Waals surface area contributed by atoms with Crippen LogP contribution in [0.4, 0.5) is 4.79 Å². The SMILES string of the molecule is O=C(N[C@@H](Cc1cnc2ccccc2c1)C(=O)O)OCc1ccccc1. The van der Waals surface area contributed by atoms with E-state index in [-0.39, 0.29) is 13.0 Å². The van der Waals surface area contributed by atoms with Gasteiger partial charge in [0.15, 0.2) is 0 Å². The van der Waals surface area contributed by atoms with E-state index in [2.05, 4.69) is 10.3 Å². The van der Waals surface area contributed by atoms with Gasteiger partial charge in [0.05, 0.1) is 5.52 Å². The maximum absolute atomic E-state index is 11.9.